The predicted molar refractivity (Wildman–Crippen MR) is 135 cm³/mol. The third-order valence-electron chi connectivity index (χ3n) is 8.68. The van der Waals surface area contributed by atoms with E-state index in [-0.39, 0.29) is 17.4 Å². The molecular formula is C27H41N5O4. The van der Waals surface area contributed by atoms with Gasteiger partial charge in [-0.3, -0.25) is 4.79 Å². The minimum Gasteiger partial charge on any atom is -0.444 e. The summed E-state index contributed by atoms with van der Waals surface area (Å²) >= 11 is 0. The molecule has 5 aliphatic rings. The van der Waals surface area contributed by atoms with E-state index in [1.807, 2.05) is 0 Å². The van der Waals surface area contributed by atoms with E-state index in [1.54, 1.807) is 32.6 Å². The molecule has 198 valence electrons. The zero-order chi connectivity index (χ0) is 25.7. The van der Waals surface area contributed by atoms with E-state index in [2.05, 4.69) is 20.6 Å². The van der Waals surface area contributed by atoms with E-state index in [0.717, 1.165) is 54.1 Å². The van der Waals surface area contributed by atoms with Crippen LogP contribution in [0.15, 0.2) is 6.33 Å². The van der Waals surface area contributed by atoms with Gasteiger partial charge in [0.2, 0.25) is 5.91 Å². The Bertz CT molecular complexity index is 971. The Morgan fingerprint density at radius 1 is 1.17 bits per heavy atom. The molecule has 6 rings (SSSR count). The molecule has 0 spiro atoms. The lowest BCUT2D eigenvalue weighted by Gasteiger charge is -2.58. The monoisotopic (exact) mass is 499 g/mol. The summed E-state index contributed by atoms with van der Waals surface area (Å²) in [4.78, 5) is 35.7. The first-order valence-electron chi connectivity index (χ1n) is 13.5. The predicted octanol–water partition coefficient (Wildman–Crippen LogP) is 3.26. The molecule has 9 heteroatoms. The summed E-state index contributed by atoms with van der Waals surface area (Å²) in [5.74, 6) is 2.99. The highest BCUT2D eigenvalue weighted by Gasteiger charge is 2.53. The number of aliphatic hydroxyl groups is 1. The van der Waals surface area contributed by atoms with Gasteiger partial charge in [0.1, 0.15) is 23.8 Å². The Morgan fingerprint density at radius 2 is 1.81 bits per heavy atom. The van der Waals surface area contributed by atoms with Gasteiger partial charge >= 0.3 is 6.09 Å². The van der Waals surface area contributed by atoms with Gasteiger partial charge in [-0.25, -0.2) is 14.8 Å². The number of aliphatic hydroxyl groups excluding tert-OH is 1. The molecule has 1 aliphatic heterocycles. The van der Waals surface area contributed by atoms with Gasteiger partial charge in [0, 0.05) is 18.7 Å². The second kappa shape index (κ2) is 9.47. The van der Waals surface area contributed by atoms with Gasteiger partial charge in [-0.2, -0.15) is 0 Å². The minimum absolute atomic E-state index is 0.0648. The molecule has 0 radical (unpaired) electrons. The summed E-state index contributed by atoms with van der Waals surface area (Å²) in [6, 6.07) is -0.698. The van der Waals surface area contributed by atoms with Crippen molar-refractivity contribution in [1.82, 2.24) is 20.2 Å². The lowest BCUT2D eigenvalue weighted by Crippen LogP contribution is -2.53. The van der Waals surface area contributed by atoms with E-state index < -0.39 is 17.7 Å². The zero-order valence-electron chi connectivity index (χ0n) is 22.0. The Labute approximate surface area is 213 Å². The van der Waals surface area contributed by atoms with E-state index in [9.17, 15) is 14.7 Å². The molecular weight excluding hydrogens is 458 g/mol. The van der Waals surface area contributed by atoms with Crippen LogP contribution in [0.2, 0.25) is 0 Å². The SMILES string of the molecule is C[C@H](NC(=O)OC(C)(C)C)C(=O)N1CCc2c(ncnc2NCC(O)C23CC4CC(CC(C4)C2)C3)C1. The lowest BCUT2D eigenvalue weighted by molar-refractivity contribution is -0.134. The quantitative estimate of drug-likeness (QED) is 0.550. The van der Waals surface area contributed by atoms with Gasteiger partial charge in [0.25, 0.3) is 0 Å². The molecule has 9 nitrogen and oxygen atoms in total. The number of anilines is 1. The fraction of sp³-hybridized carbons (Fsp3) is 0.778. The molecule has 2 amide bonds. The van der Waals surface area contributed by atoms with Crippen LogP contribution in [0.5, 0.6) is 0 Å². The Balaban J connectivity index is 1.18. The number of rotatable bonds is 6. The first-order chi connectivity index (χ1) is 17.0. The number of nitrogens with one attached hydrogen (secondary N) is 2. The first-order valence-corrected chi connectivity index (χ1v) is 13.5. The smallest absolute Gasteiger partial charge is 0.408 e. The molecule has 2 atom stereocenters. The summed E-state index contributed by atoms with van der Waals surface area (Å²) in [5.41, 5.74) is 1.25. The van der Waals surface area contributed by atoms with Crippen molar-refractivity contribution in [3.05, 3.63) is 17.6 Å². The Hall–Kier alpha value is -2.42. The molecule has 36 heavy (non-hydrogen) atoms. The maximum Gasteiger partial charge on any atom is 0.408 e. The third-order valence-corrected chi connectivity index (χ3v) is 8.68. The fourth-order valence-electron chi connectivity index (χ4n) is 7.51. The van der Waals surface area contributed by atoms with Gasteiger partial charge in [0.05, 0.1) is 18.3 Å². The molecule has 1 aromatic rings. The Kier molecular flexibility index (Phi) is 6.64. The van der Waals surface area contributed by atoms with Crippen LogP contribution in [0.4, 0.5) is 10.6 Å². The number of nitrogens with zero attached hydrogens (tertiary/aromatic N) is 3. The van der Waals surface area contributed by atoms with Crippen LogP contribution in [0.25, 0.3) is 0 Å². The Morgan fingerprint density at radius 3 is 2.42 bits per heavy atom. The van der Waals surface area contributed by atoms with Crippen molar-refractivity contribution >= 4 is 17.8 Å². The lowest BCUT2D eigenvalue weighted by atomic mass is 9.48. The van der Waals surface area contributed by atoms with E-state index in [1.165, 1.54) is 25.6 Å². The topological polar surface area (TPSA) is 117 Å². The average Bonchev–Trinajstić information content (AvgIpc) is 2.79. The number of carbonyl (C=O) groups excluding carboxylic acids is 2. The van der Waals surface area contributed by atoms with E-state index in [4.69, 9.17) is 4.74 Å². The number of alkyl carbamates (subject to hydrolysis) is 1. The third kappa shape index (κ3) is 5.17. The molecule has 4 bridgehead atoms. The molecule has 1 aromatic heterocycles. The molecule has 4 saturated carbocycles. The van der Waals surface area contributed by atoms with Crippen LogP contribution >= 0.6 is 0 Å². The second-order valence-electron chi connectivity index (χ2n) is 12.7. The van der Waals surface area contributed by atoms with Crippen molar-refractivity contribution in [1.29, 1.82) is 0 Å². The highest BCUT2D eigenvalue weighted by atomic mass is 16.6. The highest BCUT2D eigenvalue weighted by molar-refractivity contribution is 5.85. The first kappa shape index (κ1) is 25.2. The van der Waals surface area contributed by atoms with Crippen molar-refractivity contribution in [2.75, 3.05) is 18.4 Å². The van der Waals surface area contributed by atoms with Crippen LogP contribution in [0, 0.1) is 23.2 Å². The van der Waals surface area contributed by atoms with Crippen LogP contribution in [-0.2, 0) is 22.5 Å². The van der Waals surface area contributed by atoms with Crippen LogP contribution in [0.3, 0.4) is 0 Å². The number of carbonyl (C=O) groups is 2. The van der Waals surface area contributed by atoms with Crippen molar-refractivity contribution in [3.8, 4) is 0 Å². The van der Waals surface area contributed by atoms with Crippen molar-refractivity contribution in [2.45, 2.75) is 96.9 Å². The number of hydrogen-bond acceptors (Lipinski definition) is 7. The molecule has 4 aliphatic carbocycles. The zero-order valence-corrected chi connectivity index (χ0v) is 22.0. The fourth-order valence-corrected chi connectivity index (χ4v) is 7.51. The van der Waals surface area contributed by atoms with Crippen LogP contribution in [-0.4, -0.2) is 62.8 Å². The van der Waals surface area contributed by atoms with Crippen molar-refractivity contribution in [2.24, 2.45) is 23.2 Å². The van der Waals surface area contributed by atoms with E-state index >= 15 is 0 Å². The summed E-state index contributed by atoms with van der Waals surface area (Å²) in [6.07, 6.45) is 8.74. The molecule has 3 N–H and O–H groups in total. The summed E-state index contributed by atoms with van der Waals surface area (Å²) in [7, 11) is 0. The van der Waals surface area contributed by atoms with Crippen LogP contribution in [0.1, 0.15) is 77.5 Å². The number of fused-ring (bicyclic) bond motifs is 1. The van der Waals surface area contributed by atoms with Crippen molar-refractivity contribution < 1.29 is 19.4 Å². The number of aromatic nitrogens is 2. The maximum absolute atomic E-state index is 13.0. The highest BCUT2D eigenvalue weighted by Crippen LogP contribution is 2.61. The number of ether oxygens (including phenoxy) is 1. The number of hydrogen-bond donors (Lipinski definition) is 3. The summed E-state index contributed by atoms with van der Waals surface area (Å²) in [5, 5.41) is 17.4. The molecule has 0 saturated heterocycles. The van der Waals surface area contributed by atoms with Gasteiger partial charge < -0.3 is 25.4 Å². The second-order valence-corrected chi connectivity index (χ2v) is 12.7. The summed E-state index contributed by atoms with van der Waals surface area (Å²) < 4.78 is 5.27. The van der Waals surface area contributed by atoms with E-state index in [0.29, 0.717) is 26.1 Å². The van der Waals surface area contributed by atoms with Crippen molar-refractivity contribution in [3.63, 3.8) is 0 Å². The van der Waals surface area contributed by atoms with Gasteiger partial charge in [-0.1, -0.05) is 0 Å². The largest absolute Gasteiger partial charge is 0.444 e. The number of amides is 2. The van der Waals surface area contributed by atoms with Gasteiger partial charge in [-0.15, -0.1) is 0 Å². The van der Waals surface area contributed by atoms with Crippen LogP contribution < -0.4 is 10.6 Å². The molecule has 0 aromatic carbocycles. The van der Waals surface area contributed by atoms with Gasteiger partial charge in [-0.05, 0) is 95.8 Å². The molecule has 4 fully saturated rings. The maximum atomic E-state index is 13.0. The molecule has 1 unspecified atom stereocenters. The standard InChI is InChI=1S/C27H41N5O4/c1-16(31-25(35)36-26(2,3)4)24(34)32-6-5-20-21(14-32)29-15-30-23(20)28-13-22(33)27-10-17-7-18(11-27)9-19(8-17)12-27/h15-19,22,33H,5-14H2,1-4H3,(H,31,35)(H,28,29,30)/t16-,17?,18?,19?,22?,27?/m0/s1. The minimum atomic E-state index is -0.698. The van der Waals surface area contributed by atoms with Gasteiger partial charge in [0.15, 0.2) is 0 Å². The average molecular weight is 500 g/mol. The normalized spacial score (nSPS) is 30.4. The summed E-state index contributed by atoms with van der Waals surface area (Å²) in [6.45, 7) is 8.40. The molecule has 2 heterocycles.